The second-order valence-electron chi connectivity index (χ2n) is 11.2. The van der Waals surface area contributed by atoms with Crippen molar-refractivity contribution in [1.82, 2.24) is 4.90 Å². The van der Waals surface area contributed by atoms with E-state index in [1.54, 1.807) is 6.07 Å². The molecule has 0 saturated carbocycles. The Morgan fingerprint density at radius 3 is 1.77 bits per heavy atom. The lowest BCUT2D eigenvalue weighted by Gasteiger charge is -2.25. The van der Waals surface area contributed by atoms with Crippen LogP contribution in [-0.4, -0.2) is 38.1 Å². The third-order valence-electron chi connectivity index (χ3n) is 8.07. The van der Waals surface area contributed by atoms with E-state index in [9.17, 15) is 34.9 Å². The first-order chi connectivity index (χ1) is 20.8. The molecule has 1 saturated heterocycles. The summed E-state index contributed by atoms with van der Waals surface area (Å²) in [4.78, 5) is 49.5. The van der Waals surface area contributed by atoms with Gasteiger partial charge >= 0.3 is 0 Å². The molecule has 1 fully saturated rings. The quantitative estimate of drug-likeness (QED) is 0.0430. The van der Waals surface area contributed by atoms with Crippen LogP contribution in [0.5, 0.6) is 0 Å². The Labute approximate surface area is 253 Å². The van der Waals surface area contributed by atoms with Crippen molar-refractivity contribution < 1.29 is 24.5 Å². The molecule has 43 heavy (non-hydrogen) atoms. The van der Waals surface area contributed by atoms with Gasteiger partial charge in [0, 0.05) is 30.3 Å². The number of hydrogen-bond donors (Lipinski definition) is 1. The van der Waals surface area contributed by atoms with E-state index < -0.39 is 33.3 Å². The average Bonchev–Trinajstić information content (AvgIpc) is 3.25. The monoisotopic (exact) mass is 593 g/mol. The number of nitro benzene ring substituents is 2. The Hall–Kier alpha value is -4.08. The molecule has 2 aromatic rings. The van der Waals surface area contributed by atoms with E-state index in [0.29, 0.717) is 6.42 Å². The third kappa shape index (κ3) is 9.20. The number of unbranched alkanes of at least 4 members (excludes halogenated alkanes) is 13. The molecular weight excluding hydrogens is 550 g/mol. The largest absolute Gasteiger partial charge is 0.507 e. The number of benzene rings is 2. The lowest BCUT2D eigenvalue weighted by molar-refractivity contribution is -0.385. The van der Waals surface area contributed by atoms with Crippen LogP contribution in [0.3, 0.4) is 0 Å². The number of ketones is 1. The van der Waals surface area contributed by atoms with E-state index in [1.165, 1.54) is 105 Å². The van der Waals surface area contributed by atoms with Gasteiger partial charge in [0.2, 0.25) is 0 Å². The van der Waals surface area contributed by atoms with Gasteiger partial charge in [-0.25, -0.2) is 0 Å². The van der Waals surface area contributed by atoms with Gasteiger partial charge in [-0.3, -0.25) is 29.8 Å². The van der Waals surface area contributed by atoms with Crippen LogP contribution in [-0.2, 0) is 9.59 Å². The number of para-hydroxylation sites is 1. The normalized spacial score (nSPS) is 16.1. The first-order valence-electron chi connectivity index (χ1n) is 15.5. The summed E-state index contributed by atoms with van der Waals surface area (Å²) in [5, 5.41) is 34.1. The van der Waals surface area contributed by atoms with E-state index in [1.807, 2.05) is 0 Å². The van der Waals surface area contributed by atoms with Crippen molar-refractivity contribution in [3.05, 3.63) is 85.5 Å². The second-order valence-corrected chi connectivity index (χ2v) is 11.2. The van der Waals surface area contributed by atoms with Crippen molar-refractivity contribution in [3.8, 4) is 0 Å². The predicted molar refractivity (Wildman–Crippen MR) is 166 cm³/mol. The molecule has 0 aliphatic carbocycles. The van der Waals surface area contributed by atoms with Gasteiger partial charge < -0.3 is 10.0 Å². The molecule has 1 aliphatic heterocycles. The summed E-state index contributed by atoms with van der Waals surface area (Å²) < 4.78 is 0. The maximum absolute atomic E-state index is 13.2. The van der Waals surface area contributed by atoms with Crippen LogP contribution < -0.4 is 0 Å². The number of nitro groups is 2. The Kier molecular flexibility index (Phi) is 13.3. The molecule has 0 bridgehead atoms. The maximum atomic E-state index is 13.2. The minimum absolute atomic E-state index is 0.101. The Morgan fingerprint density at radius 2 is 1.26 bits per heavy atom. The van der Waals surface area contributed by atoms with E-state index in [2.05, 4.69) is 6.92 Å². The van der Waals surface area contributed by atoms with Crippen molar-refractivity contribution >= 4 is 28.8 Å². The lowest BCUT2D eigenvalue weighted by Crippen LogP contribution is -2.31. The van der Waals surface area contributed by atoms with Gasteiger partial charge in [0.25, 0.3) is 23.1 Å². The summed E-state index contributed by atoms with van der Waals surface area (Å²) in [6.07, 6.45) is 16.4. The van der Waals surface area contributed by atoms with Gasteiger partial charge in [0.1, 0.15) is 5.76 Å². The number of likely N-dealkylation sites (tertiary alicyclic amines) is 1. The van der Waals surface area contributed by atoms with Gasteiger partial charge in [0.15, 0.2) is 0 Å². The second kappa shape index (κ2) is 17.1. The van der Waals surface area contributed by atoms with Gasteiger partial charge in [-0.2, -0.15) is 0 Å². The number of aliphatic hydroxyl groups is 1. The topological polar surface area (TPSA) is 144 Å². The van der Waals surface area contributed by atoms with Crippen molar-refractivity contribution in [2.24, 2.45) is 0 Å². The smallest absolute Gasteiger partial charge is 0.295 e. The molecule has 0 spiro atoms. The minimum Gasteiger partial charge on any atom is -0.507 e. The van der Waals surface area contributed by atoms with Crippen LogP contribution in [0.2, 0.25) is 0 Å². The molecule has 2 aromatic carbocycles. The van der Waals surface area contributed by atoms with Crippen LogP contribution in [0.15, 0.2) is 54.1 Å². The number of non-ortho nitro benzene ring substituents is 1. The number of hydrogen-bond acceptors (Lipinski definition) is 7. The number of nitrogens with zero attached hydrogens (tertiary/aromatic N) is 3. The van der Waals surface area contributed by atoms with Crippen molar-refractivity contribution in [1.29, 1.82) is 0 Å². The molecular formula is C33H43N3O7. The summed E-state index contributed by atoms with van der Waals surface area (Å²) in [5.74, 6) is -2.30. The van der Waals surface area contributed by atoms with Gasteiger partial charge in [0.05, 0.1) is 27.0 Å². The summed E-state index contributed by atoms with van der Waals surface area (Å²) in [5.41, 5.74) is -0.511. The molecule has 1 N–H and O–H groups in total. The Bertz CT molecular complexity index is 1290. The molecule has 232 valence electrons. The molecule has 10 nitrogen and oxygen atoms in total. The van der Waals surface area contributed by atoms with Crippen LogP contribution in [0, 0.1) is 20.2 Å². The van der Waals surface area contributed by atoms with E-state index >= 15 is 0 Å². The first-order valence-corrected chi connectivity index (χ1v) is 15.5. The zero-order valence-corrected chi connectivity index (χ0v) is 25.0. The van der Waals surface area contributed by atoms with Crippen LogP contribution in [0.1, 0.15) is 114 Å². The van der Waals surface area contributed by atoms with Crippen molar-refractivity contribution in [2.45, 2.75) is 103 Å². The molecule has 1 unspecified atom stereocenters. The zero-order valence-electron chi connectivity index (χ0n) is 25.0. The number of Topliss-reactive ketones (excluding diaryl/α,β-unsaturated/α-hetero) is 1. The van der Waals surface area contributed by atoms with E-state index in [0.717, 1.165) is 25.7 Å². The highest BCUT2D eigenvalue weighted by molar-refractivity contribution is 6.46. The van der Waals surface area contributed by atoms with Crippen LogP contribution in [0.25, 0.3) is 5.76 Å². The zero-order chi connectivity index (χ0) is 31.2. The average molecular weight is 594 g/mol. The highest BCUT2D eigenvalue weighted by Crippen LogP contribution is 2.42. The third-order valence-corrected chi connectivity index (χ3v) is 8.07. The van der Waals surface area contributed by atoms with E-state index in [4.69, 9.17) is 0 Å². The lowest BCUT2D eigenvalue weighted by atomic mass is 9.94. The summed E-state index contributed by atoms with van der Waals surface area (Å²) in [7, 11) is 0. The molecule has 10 heteroatoms. The highest BCUT2D eigenvalue weighted by atomic mass is 16.6. The fourth-order valence-electron chi connectivity index (χ4n) is 5.69. The van der Waals surface area contributed by atoms with E-state index in [-0.39, 0.29) is 34.6 Å². The molecule has 3 rings (SSSR count). The number of rotatable bonds is 19. The fraction of sp³-hybridized carbons (Fsp3) is 0.515. The molecule has 0 aromatic heterocycles. The SMILES string of the molecule is CCCCCCCCCCCCCCCCN1C(=O)C(=O)/C(=C(/O)c2ccc([N+](=O)[O-])cc2)C1c1ccccc1[N+](=O)[O-]. The minimum atomic E-state index is -1.15. The van der Waals surface area contributed by atoms with Crippen molar-refractivity contribution in [2.75, 3.05) is 6.54 Å². The summed E-state index contributed by atoms with van der Waals surface area (Å²) in [6, 6.07) is 9.64. The van der Waals surface area contributed by atoms with Gasteiger partial charge in [-0.05, 0) is 24.6 Å². The van der Waals surface area contributed by atoms with Gasteiger partial charge in [-0.1, -0.05) is 103 Å². The van der Waals surface area contributed by atoms with Crippen LogP contribution >= 0.6 is 0 Å². The van der Waals surface area contributed by atoms with Gasteiger partial charge in [-0.15, -0.1) is 0 Å². The molecule has 1 aliphatic rings. The summed E-state index contributed by atoms with van der Waals surface area (Å²) in [6.45, 7) is 2.43. The highest BCUT2D eigenvalue weighted by Gasteiger charge is 2.47. The molecule has 0 radical (unpaired) electrons. The Balaban J connectivity index is 1.65. The predicted octanol–water partition coefficient (Wildman–Crippen LogP) is 8.41. The van der Waals surface area contributed by atoms with Crippen molar-refractivity contribution in [3.63, 3.8) is 0 Å². The number of amides is 1. The number of carbonyl (C=O) groups excluding carboxylic acids is 2. The maximum Gasteiger partial charge on any atom is 0.295 e. The van der Waals surface area contributed by atoms with Crippen LogP contribution in [0.4, 0.5) is 11.4 Å². The summed E-state index contributed by atoms with van der Waals surface area (Å²) >= 11 is 0. The Morgan fingerprint density at radius 1 is 0.744 bits per heavy atom. The molecule has 1 amide bonds. The fourth-order valence-corrected chi connectivity index (χ4v) is 5.69. The number of aliphatic hydroxyl groups excluding tert-OH is 1. The first kappa shape index (κ1) is 33.4. The standard InChI is InChI=1S/C33H43N3O7/c1-2-3-4-5-6-7-8-9-10-11-12-13-14-17-24-34-30(27-18-15-16-19-28(27)36(42)43)29(32(38)33(34)39)31(37)25-20-22-26(23-21-25)35(40)41/h15-16,18-23,30,37H,2-14,17,24H2,1H3/b31-29+. The molecule has 1 atom stereocenters. The molecule has 1 heterocycles. The number of carbonyl (C=O) groups is 2.